The third kappa shape index (κ3) is 2.53. The topological polar surface area (TPSA) is 0 Å². The van der Waals surface area contributed by atoms with Crippen LogP contribution in [0, 0.1) is 5.92 Å². The Morgan fingerprint density at radius 3 is 2.09 bits per heavy atom. The van der Waals surface area contributed by atoms with Crippen LogP contribution in [-0.4, -0.2) is 0 Å². The molecule has 0 bridgehead atoms. The average molecular weight is 150 g/mol. The van der Waals surface area contributed by atoms with Gasteiger partial charge in [-0.1, -0.05) is 50.5 Å². The van der Waals surface area contributed by atoms with E-state index in [1.807, 2.05) is 6.08 Å². The van der Waals surface area contributed by atoms with Crippen LogP contribution in [-0.2, 0) is 0 Å². The zero-order valence-electron chi connectivity index (χ0n) is 7.31. The lowest BCUT2D eigenvalue weighted by Crippen LogP contribution is -1.99. The van der Waals surface area contributed by atoms with Gasteiger partial charge in [-0.2, -0.15) is 0 Å². The van der Waals surface area contributed by atoms with Crippen LogP contribution in [0.1, 0.15) is 38.5 Å². The zero-order valence-corrected chi connectivity index (χ0v) is 7.31. The largest absolute Gasteiger partial charge is 0.0988 e. The lowest BCUT2D eigenvalue weighted by atomic mass is 9.93. The van der Waals surface area contributed by atoms with Gasteiger partial charge in [-0.3, -0.25) is 0 Å². The van der Waals surface area contributed by atoms with E-state index >= 15 is 0 Å². The number of hydrogen-bond donors (Lipinski definition) is 0. The molecule has 62 valence electrons. The van der Waals surface area contributed by atoms with E-state index in [-0.39, 0.29) is 0 Å². The molecule has 0 amide bonds. The maximum Gasteiger partial charge on any atom is -0.0168 e. The molecule has 0 radical (unpaired) electrons. The van der Waals surface area contributed by atoms with E-state index in [1.165, 1.54) is 44.1 Å². The maximum absolute atomic E-state index is 4.02. The first-order valence-electron chi connectivity index (χ1n) is 4.66. The molecule has 0 nitrogen and oxygen atoms in total. The molecule has 0 heteroatoms. The Hall–Kier alpha value is -0.520. The molecule has 0 aromatic heterocycles. The Labute approximate surface area is 70.0 Å². The van der Waals surface area contributed by atoms with Gasteiger partial charge in [0.05, 0.1) is 0 Å². The molecular formula is C11H18. The predicted molar refractivity (Wildman–Crippen MR) is 50.5 cm³/mol. The highest BCUT2D eigenvalue weighted by Crippen LogP contribution is 2.27. The summed E-state index contributed by atoms with van der Waals surface area (Å²) < 4.78 is 0. The molecule has 0 N–H and O–H groups in total. The highest BCUT2D eigenvalue weighted by molar-refractivity contribution is 5.14. The van der Waals surface area contributed by atoms with Crippen LogP contribution in [0.25, 0.3) is 0 Å². The summed E-state index contributed by atoms with van der Waals surface area (Å²) in [6.07, 6.45) is 10.2. The van der Waals surface area contributed by atoms with Crippen molar-refractivity contribution in [1.82, 2.24) is 0 Å². The van der Waals surface area contributed by atoms with Crippen molar-refractivity contribution in [2.45, 2.75) is 38.5 Å². The molecule has 1 aliphatic carbocycles. The van der Waals surface area contributed by atoms with Crippen LogP contribution in [0.15, 0.2) is 24.8 Å². The predicted octanol–water partition coefficient (Wildman–Crippen LogP) is 3.70. The first-order valence-corrected chi connectivity index (χ1v) is 4.66. The van der Waals surface area contributed by atoms with Gasteiger partial charge in [0.1, 0.15) is 0 Å². The van der Waals surface area contributed by atoms with Gasteiger partial charge in [0.15, 0.2) is 0 Å². The normalized spacial score (nSPS) is 20.7. The average Bonchev–Trinajstić information content (AvgIpc) is 2.30. The minimum Gasteiger partial charge on any atom is -0.0988 e. The van der Waals surface area contributed by atoms with Crippen LogP contribution in [0.4, 0.5) is 0 Å². The second-order valence-corrected chi connectivity index (χ2v) is 3.47. The number of allylic oxidation sites excluding steroid dienone is 2. The second kappa shape index (κ2) is 4.38. The third-order valence-corrected chi connectivity index (χ3v) is 2.64. The smallest absolute Gasteiger partial charge is 0.0168 e. The summed E-state index contributed by atoms with van der Waals surface area (Å²) in [4.78, 5) is 0. The Bertz CT molecular complexity index is 136. The SMILES string of the molecule is C=CC(=C)C1CCCCCC1. The quantitative estimate of drug-likeness (QED) is 0.416. The summed E-state index contributed by atoms with van der Waals surface area (Å²) >= 11 is 0. The minimum atomic E-state index is 0.745. The zero-order chi connectivity index (χ0) is 8.10. The maximum atomic E-state index is 4.02. The Morgan fingerprint density at radius 2 is 1.64 bits per heavy atom. The van der Waals surface area contributed by atoms with Crippen LogP contribution < -0.4 is 0 Å². The highest BCUT2D eigenvalue weighted by Gasteiger charge is 2.12. The molecule has 0 unspecified atom stereocenters. The Kier molecular flexibility index (Phi) is 3.41. The molecule has 0 heterocycles. The van der Waals surface area contributed by atoms with E-state index in [0.717, 1.165) is 5.92 Å². The van der Waals surface area contributed by atoms with E-state index < -0.39 is 0 Å². The fourth-order valence-corrected chi connectivity index (χ4v) is 1.82. The fraction of sp³-hybridized carbons (Fsp3) is 0.636. The van der Waals surface area contributed by atoms with Gasteiger partial charge in [-0.25, -0.2) is 0 Å². The molecule has 0 saturated heterocycles. The van der Waals surface area contributed by atoms with Crippen LogP contribution in [0.2, 0.25) is 0 Å². The summed E-state index contributed by atoms with van der Waals surface area (Å²) in [5.74, 6) is 0.745. The molecule has 0 aromatic carbocycles. The van der Waals surface area contributed by atoms with Crippen LogP contribution >= 0.6 is 0 Å². The van der Waals surface area contributed by atoms with E-state index in [1.54, 1.807) is 0 Å². The van der Waals surface area contributed by atoms with Crippen molar-refractivity contribution >= 4 is 0 Å². The molecule has 11 heavy (non-hydrogen) atoms. The molecule has 1 aliphatic rings. The summed E-state index contributed by atoms with van der Waals surface area (Å²) in [7, 11) is 0. The van der Waals surface area contributed by atoms with Crippen molar-refractivity contribution in [2.75, 3.05) is 0 Å². The lowest BCUT2D eigenvalue weighted by Gasteiger charge is -2.13. The van der Waals surface area contributed by atoms with Gasteiger partial charge >= 0.3 is 0 Å². The lowest BCUT2D eigenvalue weighted by molar-refractivity contribution is 0.541. The van der Waals surface area contributed by atoms with Crippen molar-refractivity contribution in [3.8, 4) is 0 Å². The standard InChI is InChI=1S/C11H18/c1-3-10(2)11-8-6-4-5-7-9-11/h3,11H,1-2,4-9H2. The molecule has 1 rings (SSSR count). The van der Waals surface area contributed by atoms with Gasteiger partial charge in [0.25, 0.3) is 0 Å². The summed E-state index contributed by atoms with van der Waals surface area (Å²) in [6, 6.07) is 0. The first-order chi connectivity index (χ1) is 5.34. The molecule has 1 fully saturated rings. The van der Waals surface area contributed by atoms with Crippen molar-refractivity contribution in [1.29, 1.82) is 0 Å². The Balaban J connectivity index is 2.42. The monoisotopic (exact) mass is 150 g/mol. The molecule has 0 aliphatic heterocycles. The second-order valence-electron chi connectivity index (χ2n) is 3.47. The van der Waals surface area contributed by atoms with E-state index in [0.29, 0.717) is 0 Å². The van der Waals surface area contributed by atoms with Gasteiger partial charge in [-0.15, -0.1) is 0 Å². The minimum absolute atomic E-state index is 0.745. The molecule has 1 saturated carbocycles. The molecule has 0 atom stereocenters. The Morgan fingerprint density at radius 1 is 1.09 bits per heavy atom. The van der Waals surface area contributed by atoms with Crippen LogP contribution in [0.3, 0.4) is 0 Å². The molecule has 0 aromatic rings. The van der Waals surface area contributed by atoms with E-state index in [2.05, 4.69) is 13.2 Å². The van der Waals surface area contributed by atoms with Crippen molar-refractivity contribution in [2.24, 2.45) is 5.92 Å². The van der Waals surface area contributed by atoms with Crippen molar-refractivity contribution in [3.05, 3.63) is 24.8 Å². The number of rotatable bonds is 2. The van der Waals surface area contributed by atoms with Gasteiger partial charge < -0.3 is 0 Å². The first kappa shape index (κ1) is 8.58. The summed E-state index contributed by atoms with van der Waals surface area (Å²) in [5, 5.41) is 0. The van der Waals surface area contributed by atoms with E-state index in [9.17, 15) is 0 Å². The van der Waals surface area contributed by atoms with E-state index in [4.69, 9.17) is 0 Å². The third-order valence-electron chi connectivity index (χ3n) is 2.64. The molecular weight excluding hydrogens is 132 g/mol. The van der Waals surface area contributed by atoms with Gasteiger partial charge in [0.2, 0.25) is 0 Å². The fourth-order valence-electron chi connectivity index (χ4n) is 1.82. The summed E-state index contributed by atoms with van der Waals surface area (Å²) in [5.41, 5.74) is 1.26. The highest BCUT2D eigenvalue weighted by atomic mass is 14.2. The van der Waals surface area contributed by atoms with Crippen molar-refractivity contribution < 1.29 is 0 Å². The van der Waals surface area contributed by atoms with Crippen LogP contribution in [0.5, 0.6) is 0 Å². The van der Waals surface area contributed by atoms with Gasteiger partial charge in [0, 0.05) is 0 Å². The van der Waals surface area contributed by atoms with Crippen molar-refractivity contribution in [3.63, 3.8) is 0 Å². The summed E-state index contributed by atoms with van der Waals surface area (Å²) in [6.45, 7) is 7.79. The number of hydrogen-bond acceptors (Lipinski definition) is 0. The molecule has 0 spiro atoms. The van der Waals surface area contributed by atoms with Gasteiger partial charge in [-0.05, 0) is 18.8 Å².